The van der Waals surface area contributed by atoms with Crippen LogP contribution in [0.5, 0.6) is 0 Å². The smallest absolute Gasteiger partial charge is 0.311 e. The normalized spacial score (nSPS) is 9.27. The van der Waals surface area contributed by atoms with Gasteiger partial charge in [0.2, 0.25) is 5.82 Å². The first-order valence-corrected chi connectivity index (χ1v) is 4.23. The van der Waals surface area contributed by atoms with E-state index < -0.39 is 4.92 Å². The van der Waals surface area contributed by atoms with Crippen molar-refractivity contribution < 1.29 is 4.92 Å². The number of hydrogen-bond acceptors (Lipinski definition) is 5. The summed E-state index contributed by atoms with van der Waals surface area (Å²) in [5.74, 6) is 2.83. The zero-order valence-electron chi connectivity index (χ0n) is 7.93. The minimum atomic E-state index is -0.576. The lowest BCUT2D eigenvalue weighted by Crippen LogP contribution is -2.05. The number of hydrogen-bond donors (Lipinski definition) is 2. The van der Waals surface area contributed by atoms with E-state index in [1.807, 2.05) is 0 Å². The summed E-state index contributed by atoms with van der Waals surface area (Å²) in [5.41, 5.74) is 5.20. The number of nitrogens with one attached hydrogen (secondary N) is 1. The van der Waals surface area contributed by atoms with Gasteiger partial charge < -0.3 is 11.1 Å². The van der Waals surface area contributed by atoms with Gasteiger partial charge in [-0.2, -0.15) is 0 Å². The van der Waals surface area contributed by atoms with E-state index >= 15 is 0 Å². The minimum Gasteiger partial charge on any atom is -0.378 e. The van der Waals surface area contributed by atoms with Gasteiger partial charge in [-0.05, 0) is 6.07 Å². The molecular formula is C9H10N4O2. The molecule has 0 fully saturated rings. The Kier molecular flexibility index (Phi) is 3.46. The third kappa shape index (κ3) is 2.84. The van der Waals surface area contributed by atoms with Crippen LogP contribution in [0, 0.1) is 22.5 Å². The Balaban J connectivity index is 2.74. The molecule has 0 spiro atoms. The number of nitrogens with two attached hydrogens (primary N) is 1. The molecule has 0 aliphatic heterocycles. The number of aromatic nitrogens is 1. The van der Waals surface area contributed by atoms with Gasteiger partial charge in [-0.1, -0.05) is 0 Å². The molecule has 0 saturated heterocycles. The lowest BCUT2D eigenvalue weighted by Gasteiger charge is -2.03. The predicted molar refractivity (Wildman–Crippen MR) is 57.2 cm³/mol. The van der Waals surface area contributed by atoms with Crippen molar-refractivity contribution in [3.05, 3.63) is 22.2 Å². The Hall–Kier alpha value is -2.29. The van der Waals surface area contributed by atoms with Gasteiger partial charge in [0, 0.05) is 19.0 Å². The number of pyridine rings is 1. The molecule has 1 rings (SSSR count). The summed E-state index contributed by atoms with van der Waals surface area (Å²) < 4.78 is 0. The highest BCUT2D eigenvalue weighted by molar-refractivity contribution is 5.57. The second-order valence-electron chi connectivity index (χ2n) is 2.74. The monoisotopic (exact) mass is 206 g/mol. The van der Waals surface area contributed by atoms with E-state index in [2.05, 4.69) is 16.2 Å². The number of rotatable bonds is 4. The van der Waals surface area contributed by atoms with Crippen LogP contribution < -0.4 is 11.1 Å². The van der Waals surface area contributed by atoms with Crippen LogP contribution in [0.15, 0.2) is 12.1 Å². The SMILES string of the molecule is C#CCCNc1ccc([N+](=O)[O-])c(N)n1. The topological polar surface area (TPSA) is 94.1 Å². The van der Waals surface area contributed by atoms with Crippen molar-refractivity contribution in [3.8, 4) is 12.3 Å². The number of anilines is 2. The summed E-state index contributed by atoms with van der Waals surface area (Å²) in [5, 5.41) is 13.3. The van der Waals surface area contributed by atoms with Gasteiger partial charge in [0.1, 0.15) is 5.82 Å². The van der Waals surface area contributed by atoms with E-state index in [0.29, 0.717) is 18.8 Å². The van der Waals surface area contributed by atoms with E-state index in [1.54, 1.807) is 0 Å². The largest absolute Gasteiger partial charge is 0.378 e. The Morgan fingerprint density at radius 1 is 1.67 bits per heavy atom. The highest BCUT2D eigenvalue weighted by Gasteiger charge is 2.12. The molecule has 0 saturated carbocycles. The molecule has 0 amide bonds. The van der Waals surface area contributed by atoms with Crippen molar-refractivity contribution >= 4 is 17.3 Å². The quantitative estimate of drug-likeness (QED) is 0.332. The van der Waals surface area contributed by atoms with Crippen molar-refractivity contribution in [2.75, 3.05) is 17.6 Å². The van der Waals surface area contributed by atoms with E-state index in [9.17, 15) is 10.1 Å². The van der Waals surface area contributed by atoms with Gasteiger partial charge in [-0.15, -0.1) is 12.3 Å². The third-order valence-corrected chi connectivity index (χ3v) is 1.67. The zero-order valence-corrected chi connectivity index (χ0v) is 7.93. The molecule has 0 aromatic carbocycles. The summed E-state index contributed by atoms with van der Waals surface area (Å²) >= 11 is 0. The first-order valence-electron chi connectivity index (χ1n) is 4.23. The number of nitrogen functional groups attached to an aromatic ring is 1. The summed E-state index contributed by atoms with van der Waals surface area (Å²) in [4.78, 5) is 13.7. The van der Waals surface area contributed by atoms with Crippen molar-refractivity contribution in [3.63, 3.8) is 0 Å². The van der Waals surface area contributed by atoms with E-state index in [1.165, 1.54) is 12.1 Å². The number of nitrogens with zero attached hydrogens (tertiary/aromatic N) is 2. The standard InChI is InChI=1S/C9H10N4O2/c1-2-3-6-11-8-5-4-7(13(14)15)9(10)12-8/h1,4-5H,3,6H2,(H3,10,11,12). The molecule has 6 nitrogen and oxygen atoms in total. The lowest BCUT2D eigenvalue weighted by molar-refractivity contribution is -0.384. The molecule has 0 aliphatic carbocycles. The van der Waals surface area contributed by atoms with Crippen molar-refractivity contribution in [1.82, 2.24) is 4.98 Å². The van der Waals surface area contributed by atoms with Crippen LogP contribution in [0.3, 0.4) is 0 Å². The molecule has 0 unspecified atom stereocenters. The fraction of sp³-hybridized carbons (Fsp3) is 0.222. The van der Waals surface area contributed by atoms with Gasteiger partial charge in [-0.3, -0.25) is 10.1 Å². The van der Waals surface area contributed by atoms with Crippen LogP contribution in [0.25, 0.3) is 0 Å². The minimum absolute atomic E-state index is 0.106. The highest BCUT2D eigenvalue weighted by atomic mass is 16.6. The molecule has 0 bridgehead atoms. The van der Waals surface area contributed by atoms with Crippen molar-refractivity contribution in [2.24, 2.45) is 0 Å². The fourth-order valence-electron chi connectivity index (χ4n) is 0.983. The van der Waals surface area contributed by atoms with Gasteiger partial charge >= 0.3 is 5.69 Å². The van der Waals surface area contributed by atoms with E-state index in [-0.39, 0.29) is 11.5 Å². The first-order chi connectivity index (χ1) is 7.15. The molecule has 0 aliphatic rings. The van der Waals surface area contributed by atoms with Crippen LogP contribution >= 0.6 is 0 Å². The van der Waals surface area contributed by atoms with Crippen LogP contribution in [-0.4, -0.2) is 16.5 Å². The van der Waals surface area contributed by atoms with Crippen molar-refractivity contribution in [2.45, 2.75) is 6.42 Å². The second-order valence-corrected chi connectivity index (χ2v) is 2.74. The van der Waals surface area contributed by atoms with Crippen LogP contribution in [0.2, 0.25) is 0 Å². The molecule has 0 radical (unpaired) electrons. The Morgan fingerprint density at radius 2 is 2.40 bits per heavy atom. The maximum atomic E-state index is 10.4. The molecule has 78 valence electrons. The Bertz CT molecular complexity index is 411. The van der Waals surface area contributed by atoms with Crippen LogP contribution in [-0.2, 0) is 0 Å². The Labute approximate surface area is 86.7 Å². The Morgan fingerprint density at radius 3 is 2.93 bits per heavy atom. The van der Waals surface area contributed by atoms with Gasteiger partial charge in [-0.25, -0.2) is 4.98 Å². The fourth-order valence-corrected chi connectivity index (χ4v) is 0.983. The molecular weight excluding hydrogens is 196 g/mol. The number of terminal acetylenes is 1. The van der Waals surface area contributed by atoms with E-state index in [4.69, 9.17) is 12.2 Å². The average Bonchev–Trinajstić information content (AvgIpc) is 2.17. The molecule has 0 atom stereocenters. The van der Waals surface area contributed by atoms with Gasteiger partial charge in [0.25, 0.3) is 0 Å². The molecule has 6 heteroatoms. The maximum Gasteiger partial charge on any atom is 0.311 e. The van der Waals surface area contributed by atoms with E-state index in [0.717, 1.165) is 0 Å². The van der Waals surface area contributed by atoms with Gasteiger partial charge in [0.15, 0.2) is 0 Å². The zero-order chi connectivity index (χ0) is 11.3. The maximum absolute atomic E-state index is 10.4. The third-order valence-electron chi connectivity index (χ3n) is 1.67. The summed E-state index contributed by atoms with van der Waals surface area (Å²) in [6.07, 6.45) is 5.62. The number of nitro groups is 1. The molecule has 1 aromatic heterocycles. The van der Waals surface area contributed by atoms with Gasteiger partial charge in [0.05, 0.1) is 4.92 Å². The van der Waals surface area contributed by atoms with Crippen LogP contribution in [0.4, 0.5) is 17.3 Å². The highest BCUT2D eigenvalue weighted by Crippen LogP contribution is 2.20. The molecule has 1 heterocycles. The van der Waals surface area contributed by atoms with Crippen molar-refractivity contribution in [1.29, 1.82) is 0 Å². The van der Waals surface area contributed by atoms with Crippen LogP contribution in [0.1, 0.15) is 6.42 Å². The molecule has 1 aromatic rings. The summed E-state index contributed by atoms with van der Waals surface area (Å²) in [7, 11) is 0. The summed E-state index contributed by atoms with van der Waals surface area (Å²) in [6, 6.07) is 2.80. The molecule has 3 N–H and O–H groups in total. The first kappa shape index (κ1) is 10.8. The summed E-state index contributed by atoms with van der Waals surface area (Å²) in [6.45, 7) is 0.556. The average molecular weight is 206 g/mol. The molecule has 15 heavy (non-hydrogen) atoms. The lowest BCUT2D eigenvalue weighted by atomic mass is 10.3. The predicted octanol–water partition coefficient (Wildman–Crippen LogP) is 1.01. The second kappa shape index (κ2) is 4.81.